The van der Waals surface area contributed by atoms with Crippen molar-refractivity contribution in [2.75, 3.05) is 0 Å². The van der Waals surface area contributed by atoms with Gasteiger partial charge in [-0.25, -0.2) is 13.1 Å². The fourth-order valence-corrected chi connectivity index (χ4v) is 5.41. The van der Waals surface area contributed by atoms with E-state index in [4.69, 9.17) is 0 Å². The van der Waals surface area contributed by atoms with Gasteiger partial charge in [0.15, 0.2) is 0 Å². The van der Waals surface area contributed by atoms with Gasteiger partial charge in [0.1, 0.15) is 4.21 Å². The minimum Gasteiger partial charge on any atom is -0.388 e. The van der Waals surface area contributed by atoms with Crippen molar-refractivity contribution in [3.05, 3.63) is 17.5 Å². The summed E-state index contributed by atoms with van der Waals surface area (Å²) in [5.74, 6) is 0. The first kappa shape index (κ1) is 19.1. The van der Waals surface area contributed by atoms with Crippen molar-refractivity contribution in [2.45, 2.75) is 67.1 Å². The lowest BCUT2D eigenvalue weighted by atomic mass is 9.81. The van der Waals surface area contributed by atoms with Crippen LogP contribution in [-0.2, 0) is 10.0 Å². The van der Waals surface area contributed by atoms with E-state index in [0.717, 1.165) is 0 Å². The topological polar surface area (TPSA) is 66.4 Å². The summed E-state index contributed by atoms with van der Waals surface area (Å²) in [5, 5.41) is 12.6. The monoisotopic (exact) mass is 397 g/mol. The molecule has 0 aromatic carbocycles. The van der Waals surface area contributed by atoms with Crippen molar-refractivity contribution >= 4 is 37.3 Å². The first-order chi connectivity index (χ1) is 9.63. The van der Waals surface area contributed by atoms with Gasteiger partial charge in [-0.15, -0.1) is 11.3 Å². The summed E-state index contributed by atoms with van der Waals surface area (Å²) in [5.41, 5.74) is -1.10. The number of halogens is 1. The molecule has 122 valence electrons. The van der Waals surface area contributed by atoms with Crippen LogP contribution in [0, 0.1) is 0 Å². The fourth-order valence-electron chi connectivity index (χ4n) is 2.28. The predicted octanol–water partition coefficient (Wildman–Crippen LogP) is 3.51. The average molecular weight is 398 g/mol. The van der Waals surface area contributed by atoms with E-state index in [1.807, 2.05) is 27.7 Å². The van der Waals surface area contributed by atoms with E-state index in [2.05, 4.69) is 20.7 Å². The Bertz CT molecular complexity index is 537. The molecule has 0 aliphatic heterocycles. The molecule has 0 saturated carbocycles. The van der Waals surface area contributed by atoms with E-state index in [-0.39, 0.29) is 4.21 Å². The Morgan fingerprint density at radius 3 is 2.29 bits per heavy atom. The lowest BCUT2D eigenvalue weighted by molar-refractivity contribution is -0.00918. The molecule has 0 radical (unpaired) electrons. The Kier molecular flexibility index (Phi) is 6.44. The van der Waals surface area contributed by atoms with Gasteiger partial charge in [0.05, 0.1) is 11.6 Å². The Balaban J connectivity index is 3.21. The highest BCUT2D eigenvalue weighted by Crippen LogP contribution is 2.36. The molecule has 1 aromatic rings. The predicted molar refractivity (Wildman–Crippen MR) is 91.6 cm³/mol. The summed E-state index contributed by atoms with van der Waals surface area (Å²) in [6.45, 7) is 7.61. The summed E-state index contributed by atoms with van der Waals surface area (Å²) < 4.78 is 27.5. The van der Waals surface area contributed by atoms with Gasteiger partial charge in [0, 0.05) is 4.32 Å². The summed E-state index contributed by atoms with van der Waals surface area (Å²) in [6.07, 6.45) is 1.64. The number of thiophene rings is 1. The molecule has 0 aliphatic carbocycles. The van der Waals surface area contributed by atoms with E-state index in [9.17, 15) is 13.5 Å². The normalized spacial score (nSPS) is 17.4. The number of hydrogen-bond acceptors (Lipinski definition) is 4. The van der Waals surface area contributed by atoms with E-state index in [0.29, 0.717) is 19.3 Å². The molecule has 0 fully saturated rings. The summed E-state index contributed by atoms with van der Waals surface area (Å²) in [7, 11) is -3.63. The minimum atomic E-state index is -3.63. The maximum absolute atomic E-state index is 12.5. The smallest absolute Gasteiger partial charge is 0.250 e. The van der Waals surface area contributed by atoms with Gasteiger partial charge in [-0.05, 0) is 37.6 Å². The quantitative estimate of drug-likeness (QED) is 0.659. The second-order valence-electron chi connectivity index (χ2n) is 5.43. The van der Waals surface area contributed by atoms with Gasteiger partial charge in [-0.3, -0.25) is 0 Å². The van der Waals surface area contributed by atoms with Gasteiger partial charge in [-0.2, -0.15) is 0 Å². The Morgan fingerprint density at radius 1 is 1.33 bits per heavy atom. The van der Waals surface area contributed by atoms with Crippen molar-refractivity contribution in [3.8, 4) is 0 Å². The molecule has 7 heteroatoms. The van der Waals surface area contributed by atoms with Crippen molar-refractivity contribution in [1.82, 2.24) is 4.72 Å². The number of alkyl halides is 1. The molecule has 1 rings (SSSR count). The van der Waals surface area contributed by atoms with Crippen LogP contribution < -0.4 is 4.72 Å². The van der Waals surface area contributed by atoms with Gasteiger partial charge >= 0.3 is 0 Å². The van der Waals surface area contributed by atoms with Crippen LogP contribution in [0.15, 0.2) is 21.7 Å². The molecule has 4 nitrogen and oxygen atoms in total. The Labute approximate surface area is 140 Å². The van der Waals surface area contributed by atoms with E-state index >= 15 is 0 Å². The highest BCUT2D eigenvalue weighted by Gasteiger charge is 2.46. The number of nitrogens with one attached hydrogen (secondary N) is 1. The third-order valence-corrected chi connectivity index (χ3v) is 7.93. The second kappa shape index (κ2) is 7.08. The van der Waals surface area contributed by atoms with Crippen molar-refractivity contribution in [1.29, 1.82) is 0 Å². The van der Waals surface area contributed by atoms with Crippen molar-refractivity contribution < 1.29 is 13.5 Å². The van der Waals surface area contributed by atoms with Gasteiger partial charge in [0.25, 0.3) is 0 Å². The molecule has 2 N–H and O–H groups in total. The molecule has 0 aliphatic rings. The summed E-state index contributed by atoms with van der Waals surface area (Å²) in [4.78, 5) is 0. The number of aliphatic hydroxyl groups is 1. The first-order valence-electron chi connectivity index (χ1n) is 7.10. The standard InChI is InChI=1S/C14H24BrNO3S2/c1-5-13(4,15)12(14(17,6-2)7-3)16-21(18,19)11-9-8-10-20-11/h8-10,12,16-17H,5-7H2,1-4H3/t12-,13+/m1/s1. The molecule has 1 heterocycles. The fraction of sp³-hybridized carbons (Fsp3) is 0.714. The van der Waals surface area contributed by atoms with Crippen LogP contribution in [0.4, 0.5) is 0 Å². The van der Waals surface area contributed by atoms with Crippen molar-refractivity contribution in [2.24, 2.45) is 0 Å². The second-order valence-corrected chi connectivity index (χ2v) is 10.1. The third kappa shape index (κ3) is 4.28. The molecule has 2 atom stereocenters. The van der Waals surface area contributed by atoms with Crippen LogP contribution in [0.2, 0.25) is 0 Å². The van der Waals surface area contributed by atoms with Crippen LogP contribution in [0.1, 0.15) is 47.0 Å². The van der Waals surface area contributed by atoms with Crippen LogP contribution in [0.5, 0.6) is 0 Å². The van der Waals surface area contributed by atoms with Crippen molar-refractivity contribution in [3.63, 3.8) is 0 Å². The van der Waals surface area contributed by atoms with Crippen LogP contribution in [0.3, 0.4) is 0 Å². The van der Waals surface area contributed by atoms with Crippen LogP contribution in [-0.4, -0.2) is 29.5 Å². The molecule has 0 saturated heterocycles. The zero-order valence-corrected chi connectivity index (χ0v) is 16.1. The summed E-state index contributed by atoms with van der Waals surface area (Å²) in [6, 6.07) is 2.66. The maximum atomic E-state index is 12.5. The first-order valence-corrected chi connectivity index (χ1v) is 10.3. The molecule has 0 unspecified atom stereocenters. The highest BCUT2D eigenvalue weighted by atomic mass is 79.9. The third-order valence-electron chi connectivity index (χ3n) is 4.09. The van der Waals surface area contributed by atoms with Gasteiger partial charge in [-0.1, -0.05) is 42.8 Å². The zero-order valence-electron chi connectivity index (χ0n) is 12.9. The average Bonchev–Trinajstić information content (AvgIpc) is 2.99. The van der Waals surface area contributed by atoms with E-state index in [1.54, 1.807) is 17.5 Å². The maximum Gasteiger partial charge on any atom is 0.250 e. The lowest BCUT2D eigenvalue weighted by Crippen LogP contribution is -2.60. The molecule has 0 bridgehead atoms. The van der Waals surface area contributed by atoms with E-state index < -0.39 is 26.0 Å². The largest absolute Gasteiger partial charge is 0.388 e. The van der Waals surface area contributed by atoms with Gasteiger partial charge in [0.2, 0.25) is 10.0 Å². The summed E-state index contributed by atoms with van der Waals surface area (Å²) >= 11 is 4.77. The molecular formula is C14H24BrNO3S2. The Hall–Kier alpha value is 0.0500. The molecule has 0 spiro atoms. The van der Waals surface area contributed by atoms with Crippen LogP contribution >= 0.6 is 27.3 Å². The number of sulfonamides is 1. The molecule has 1 aromatic heterocycles. The zero-order chi connectivity index (χ0) is 16.3. The van der Waals surface area contributed by atoms with Gasteiger partial charge < -0.3 is 5.11 Å². The minimum absolute atomic E-state index is 0.265. The molecule has 0 amide bonds. The SMILES string of the molecule is CCC(O)(CC)[C@H](NS(=O)(=O)c1cccs1)[C@@](C)(Br)CC. The molecule has 21 heavy (non-hydrogen) atoms. The highest BCUT2D eigenvalue weighted by molar-refractivity contribution is 9.10. The van der Waals surface area contributed by atoms with E-state index in [1.165, 1.54) is 11.3 Å². The lowest BCUT2D eigenvalue weighted by Gasteiger charge is -2.43. The Morgan fingerprint density at radius 2 is 1.90 bits per heavy atom. The molecular weight excluding hydrogens is 374 g/mol. The van der Waals surface area contributed by atoms with Crippen LogP contribution in [0.25, 0.3) is 0 Å². The number of rotatable bonds is 8. The number of hydrogen-bond donors (Lipinski definition) is 2.